The van der Waals surface area contributed by atoms with Crippen LogP contribution in [0.2, 0.25) is 0 Å². The monoisotopic (exact) mass is 433 g/mol. The van der Waals surface area contributed by atoms with Crippen molar-refractivity contribution in [1.29, 1.82) is 5.41 Å². The highest BCUT2D eigenvalue weighted by molar-refractivity contribution is 6.18. The lowest BCUT2D eigenvalue weighted by Crippen LogP contribution is -2.10. The highest BCUT2D eigenvalue weighted by Gasteiger charge is 2.18. The van der Waals surface area contributed by atoms with Crippen molar-refractivity contribution < 1.29 is 13.9 Å². The molecule has 0 aliphatic heterocycles. The number of nitrogens with one attached hydrogen (secondary N) is 2. The summed E-state index contributed by atoms with van der Waals surface area (Å²) in [7, 11) is 3.97. The second kappa shape index (κ2) is 8.68. The van der Waals surface area contributed by atoms with Crippen LogP contribution in [0, 0.1) is 17.0 Å². The van der Waals surface area contributed by atoms with Crippen molar-refractivity contribution in [2.24, 2.45) is 0 Å². The molecular weight excluding hydrogens is 412 g/mol. The molecule has 6 nitrogen and oxygen atoms in total. The summed E-state index contributed by atoms with van der Waals surface area (Å²) in [5.41, 5.74) is 3.03. The van der Waals surface area contributed by atoms with Crippen molar-refractivity contribution >= 4 is 28.6 Å². The van der Waals surface area contributed by atoms with Gasteiger partial charge in [0.2, 0.25) is 0 Å². The number of rotatable bonds is 6. The van der Waals surface area contributed by atoms with Crippen molar-refractivity contribution in [3.05, 3.63) is 83.3 Å². The molecule has 0 saturated carbocycles. The molecule has 0 radical (unpaired) electrons. The summed E-state index contributed by atoms with van der Waals surface area (Å²) in [6.45, 7) is 0.756. The van der Waals surface area contributed by atoms with Gasteiger partial charge in [0.05, 0.1) is 5.69 Å². The largest absolute Gasteiger partial charge is 0.507 e. The van der Waals surface area contributed by atoms with E-state index in [9.17, 15) is 13.9 Å². The first-order valence-electron chi connectivity index (χ1n) is 9.84. The first-order chi connectivity index (χ1) is 15.4. The Morgan fingerprint density at radius 2 is 1.97 bits per heavy atom. The Labute approximate surface area is 183 Å². The van der Waals surface area contributed by atoms with Crippen molar-refractivity contribution in [3.63, 3.8) is 0 Å². The molecule has 0 aliphatic rings. The number of pyridine rings is 2. The van der Waals surface area contributed by atoms with Crippen LogP contribution < -0.4 is 0 Å². The zero-order valence-corrected chi connectivity index (χ0v) is 17.5. The van der Waals surface area contributed by atoms with Gasteiger partial charge in [-0.2, -0.15) is 0 Å². The highest BCUT2D eigenvalue weighted by Crippen LogP contribution is 2.31. The fraction of sp³-hybridized carbons (Fsp3) is 0.125. The quantitative estimate of drug-likeness (QED) is 0.294. The van der Waals surface area contributed by atoms with Crippen molar-refractivity contribution in [1.82, 2.24) is 19.9 Å². The maximum Gasteiger partial charge on any atom is 0.166 e. The predicted octanol–water partition coefficient (Wildman–Crippen LogP) is 5.04. The van der Waals surface area contributed by atoms with Gasteiger partial charge in [-0.3, -0.25) is 4.98 Å². The van der Waals surface area contributed by atoms with Gasteiger partial charge in [-0.25, -0.2) is 13.8 Å². The number of aromatic amines is 1. The Balaban J connectivity index is 1.83. The summed E-state index contributed by atoms with van der Waals surface area (Å²) < 4.78 is 28.0. The molecule has 0 amide bonds. The number of aromatic nitrogens is 3. The first kappa shape index (κ1) is 21.3. The lowest BCUT2D eigenvalue weighted by molar-refractivity contribution is 0.402. The van der Waals surface area contributed by atoms with Crippen LogP contribution in [0.25, 0.3) is 33.6 Å². The third-order valence-corrected chi connectivity index (χ3v) is 5.05. The van der Waals surface area contributed by atoms with E-state index in [2.05, 4.69) is 19.9 Å². The first-order valence-corrected chi connectivity index (χ1v) is 9.84. The fourth-order valence-corrected chi connectivity index (χ4v) is 3.57. The van der Waals surface area contributed by atoms with Crippen LogP contribution in [-0.2, 0) is 6.54 Å². The molecule has 3 aromatic heterocycles. The second-order valence-corrected chi connectivity index (χ2v) is 7.62. The molecule has 0 bridgehead atoms. The summed E-state index contributed by atoms with van der Waals surface area (Å²) in [6, 6.07) is 9.34. The van der Waals surface area contributed by atoms with E-state index in [0.29, 0.717) is 16.6 Å². The van der Waals surface area contributed by atoms with Gasteiger partial charge >= 0.3 is 0 Å². The Morgan fingerprint density at radius 1 is 1.16 bits per heavy atom. The van der Waals surface area contributed by atoms with Crippen molar-refractivity contribution in [3.8, 4) is 11.3 Å². The third-order valence-electron chi connectivity index (χ3n) is 5.05. The van der Waals surface area contributed by atoms with Crippen LogP contribution in [-0.4, -0.2) is 45.3 Å². The number of benzene rings is 1. The van der Waals surface area contributed by atoms with Crippen LogP contribution in [0.4, 0.5) is 8.78 Å². The normalized spacial score (nSPS) is 12.3. The molecule has 0 aliphatic carbocycles. The van der Waals surface area contributed by atoms with Gasteiger partial charge in [0.25, 0.3) is 0 Å². The summed E-state index contributed by atoms with van der Waals surface area (Å²) >= 11 is 0. The predicted molar refractivity (Wildman–Crippen MR) is 121 cm³/mol. The van der Waals surface area contributed by atoms with E-state index >= 15 is 0 Å². The minimum Gasteiger partial charge on any atom is -0.507 e. The van der Waals surface area contributed by atoms with Gasteiger partial charge < -0.3 is 20.4 Å². The minimum atomic E-state index is -1.13. The number of aliphatic hydroxyl groups is 1. The number of H-pyrrole nitrogens is 1. The Bertz CT molecular complexity index is 1340. The summed E-state index contributed by atoms with van der Waals surface area (Å²) in [5, 5.41) is 19.2. The zero-order valence-electron chi connectivity index (χ0n) is 17.5. The summed E-state index contributed by atoms with van der Waals surface area (Å²) in [4.78, 5) is 13.9. The lowest BCUT2D eigenvalue weighted by Gasteiger charge is -2.11. The molecule has 0 unspecified atom stereocenters. The standard InChI is InChI=1S/C24H21F2N5O/c1-31(2)13-14-6-7-28-21(8-14)15-9-17-19(12-30-24(17)29-11-15)23(32)18(10-27)16-4-3-5-20(25)22(16)26/h3-12,27,32H,13H2,1-2H3,(H,29,30)/b23-18+,27-10?. The summed E-state index contributed by atoms with van der Waals surface area (Å²) in [5.74, 6) is -2.54. The van der Waals surface area contributed by atoms with Gasteiger partial charge in [-0.15, -0.1) is 0 Å². The highest BCUT2D eigenvalue weighted by atomic mass is 19.2. The molecule has 0 saturated heterocycles. The van der Waals surface area contributed by atoms with Crippen LogP contribution in [0.1, 0.15) is 16.7 Å². The van der Waals surface area contributed by atoms with Crippen molar-refractivity contribution in [2.75, 3.05) is 14.1 Å². The molecule has 8 heteroatoms. The van der Waals surface area contributed by atoms with Gasteiger partial charge in [0.1, 0.15) is 11.4 Å². The number of halogens is 2. The van der Waals surface area contributed by atoms with E-state index in [0.717, 1.165) is 35.6 Å². The van der Waals surface area contributed by atoms with Crippen molar-refractivity contribution in [2.45, 2.75) is 6.54 Å². The van der Waals surface area contributed by atoms with Gasteiger partial charge in [0.15, 0.2) is 11.6 Å². The van der Waals surface area contributed by atoms with Crippen LogP contribution in [0.5, 0.6) is 0 Å². The molecule has 4 aromatic rings. The molecule has 0 atom stereocenters. The average molecular weight is 433 g/mol. The van der Waals surface area contributed by atoms with E-state index < -0.39 is 11.6 Å². The molecule has 3 N–H and O–H groups in total. The molecule has 32 heavy (non-hydrogen) atoms. The van der Waals surface area contributed by atoms with Gasteiger partial charge in [0, 0.05) is 59.0 Å². The number of nitrogens with zero attached hydrogens (tertiary/aromatic N) is 3. The van der Waals surface area contributed by atoms with E-state index in [-0.39, 0.29) is 16.9 Å². The topological polar surface area (TPSA) is 88.9 Å². The Hall–Kier alpha value is -3.91. The Kier molecular flexibility index (Phi) is 5.79. The van der Waals surface area contributed by atoms with Crippen LogP contribution >= 0.6 is 0 Å². The second-order valence-electron chi connectivity index (χ2n) is 7.62. The lowest BCUT2D eigenvalue weighted by atomic mass is 10.0. The van der Waals surface area contributed by atoms with E-state index in [1.807, 2.05) is 32.3 Å². The SMILES string of the molecule is CN(C)Cc1ccnc(-c2cnc3[nH]cc(/C(O)=C(/C=N)c4cccc(F)c4F)c3c2)c1. The number of hydrogen-bond acceptors (Lipinski definition) is 5. The molecule has 3 heterocycles. The van der Waals surface area contributed by atoms with E-state index in [1.165, 1.54) is 18.3 Å². The van der Waals surface area contributed by atoms with Gasteiger partial charge in [-0.05, 0) is 43.9 Å². The zero-order chi connectivity index (χ0) is 22.8. The number of hydrogen-bond donors (Lipinski definition) is 3. The third kappa shape index (κ3) is 4.00. The maximum atomic E-state index is 14.3. The number of aliphatic hydroxyl groups excluding tert-OH is 1. The molecule has 0 spiro atoms. The van der Waals surface area contributed by atoms with Crippen LogP contribution in [0.3, 0.4) is 0 Å². The fourth-order valence-electron chi connectivity index (χ4n) is 3.57. The van der Waals surface area contributed by atoms with Crippen LogP contribution in [0.15, 0.2) is 55.0 Å². The van der Waals surface area contributed by atoms with E-state index in [1.54, 1.807) is 12.4 Å². The van der Waals surface area contributed by atoms with E-state index in [4.69, 9.17) is 5.41 Å². The summed E-state index contributed by atoms with van der Waals surface area (Å²) in [6.07, 6.45) is 5.73. The Morgan fingerprint density at radius 3 is 2.72 bits per heavy atom. The number of allylic oxidation sites excluding steroid dienone is 1. The molecule has 4 rings (SSSR count). The molecule has 0 fully saturated rings. The smallest absolute Gasteiger partial charge is 0.166 e. The molecule has 162 valence electrons. The van der Waals surface area contributed by atoms with Gasteiger partial charge in [-0.1, -0.05) is 12.1 Å². The molecular formula is C24H21F2N5O. The minimum absolute atomic E-state index is 0.139. The maximum absolute atomic E-state index is 14.3. The average Bonchev–Trinajstić information content (AvgIpc) is 3.20. The molecule has 1 aromatic carbocycles. The number of fused-ring (bicyclic) bond motifs is 1.